The van der Waals surface area contributed by atoms with E-state index >= 15 is 0 Å². The normalized spacial score (nSPS) is 14.3. The summed E-state index contributed by atoms with van der Waals surface area (Å²) in [5.41, 5.74) is 5.02. The van der Waals surface area contributed by atoms with Gasteiger partial charge in [-0.2, -0.15) is 5.26 Å². The predicted octanol–water partition coefficient (Wildman–Crippen LogP) is -0.829. The van der Waals surface area contributed by atoms with Crippen molar-refractivity contribution in [3.63, 3.8) is 0 Å². The van der Waals surface area contributed by atoms with E-state index in [0.29, 0.717) is 0 Å². The highest BCUT2D eigenvalue weighted by Gasteiger charge is 2.21. The van der Waals surface area contributed by atoms with E-state index in [9.17, 15) is 4.79 Å². The van der Waals surface area contributed by atoms with Gasteiger partial charge in [0.25, 0.3) is 0 Å². The van der Waals surface area contributed by atoms with Gasteiger partial charge in [-0.25, -0.2) is 0 Å². The second-order valence-corrected chi connectivity index (χ2v) is 1.64. The highest BCUT2D eigenvalue weighted by molar-refractivity contribution is 5.74. The van der Waals surface area contributed by atoms with Crippen molar-refractivity contribution >= 4 is 5.97 Å². The van der Waals surface area contributed by atoms with Crippen molar-refractivity contribution in [1.82, 2.24) is 0 Å². The molecule has 0 bridgehead atoms. The Labute approximate surface area is 58.3 Å². The summed E-state index contributed by atoms with van der Waals surface area (Å²) in [7, 11) is 0. The minimum atomic E-state index is -1.28. The van der Waals surface area contributed by atoms with Gasteiger partial charge in [-0.05, 0) is 0 Å². The number of carbonyl (C=O) groups is 1. The lowest BCUT2D eigenvalue weighted by Crippen LogP contribution is -2.36. The fourth-order valence-electron chi connectivity index (χ4n) is 0.364. The molecule has 0 saturated heterocycles. The molecule has 0 heterocycles. The maximum Gasteiger partial charge on any atom is 0.322 e. The molecule has 0 rings (SSSR count). The van der Waals surface area contributed by atoms with Crippen molar-refractivity contribution in [3.8, 4) is 18.4 Å². The Kier molecular flexibility index (Phi) is 2.96. The molecule has 0 spiro atoms. The van der Waals surface area contributed by atoms with Gasteiger partial charge in [-0.1, -0.05) is 5.92 Å². The molecule has 0 amide bonds. The molecule has 0 radical (unpaired) electrons. The van der Waals surface area contributed by atoms with Crippen molar-refractivity contribution in [1.29, 1.82) is 5.26 Å². The molecule has 0 aromatic heterocycles. The van der Waals surface area contributed by atoms with E-state index in [1.54, 1.807) is 6.07 Å². The number of rotatable bonds is 2. The fraction of sp³-hybridized carbons (Fsp3) is 0.333. The number of terminal acetylenes is 1. The monoisotopic (exact) mass is 138 g/mol. The summed E-state index contributed by atoms with van der Waals surface area (Å²) < 4.78 is 0. The van der Waals surface area contributed by atoms with Crippen LogP contribution >= 0.6 is 0 Å². The van der Waals surface area contributed by atoms with E-state index in [1.807, 2.05) is 5.92 Å². The number of hydrogen-bond donors (Lipinski definition) is 2. The number of nitrogens with two attached hydrogens (primary N) is 1. The van der Waals surface area contributed by atoms with E-state index in [4.69, 9.17) is 22.5 Å². The number of carboxylic acid groups (broad SMARTS) is 1. The number of aliphatic carboxylic acids is 1. The van der Waals surface area contributed by atoms with Crippen LogP contribution in [0.4, 0.5) is 0 Å². The zero-order valence-corrected chi connectivity index (χ0v) is 5.11. The van der Waals surface area contributed by atoms with Crippen LogP contribution in [0.3, 0.4) is 0 Å². The Morgan fingerprint density at radius 3 is 2.40 bits per heavy atom. The molecular formula is C6H6N2O2. The minimum Gasteiger partial charge on any atom is -0.480 e. The molecule has 52 valence electrons. The molecule has 0 aromatic carbocycles. The Morgan fingerprint density at radius 1 is 1.80 bits per heavy atom. The molecule has 0 aliphatic carbocycles. The van der Waals surface area contributed by atoms with Crippen LogP contribution in [-0.2, 0) is 4.79 Å². The second-order valence-electron chi connectivity index (χ2n) is 1.64. The highest BCUT2D eigenvalue weighted by atomic mass is 16.4. The first-order chi connectivity index (χ1) is 4.63. The summed E-state index contributed by atoms with van der Waals surface area (Å²) in [4.78, 5) is 10.1. The third-order valence-electron chi connectivity index (χ3n) is 0.963. The number of nitriles is 1. The second kappa shape index (κ2) is 3.49. The number of hydrogen-bond acceptors (Lipinski definition) is 3. The Balaban J connectivity index is 4.23. The quantitative estimate of drug-likeness (QED) is 0.487. The van der Waals surface area contributed by atoms with Gasteiger partial charge in [-0.15, -0.1) is 6.42 Å². The van der Waals surface area contributed by atoms with E-state index in [0.717, 1.165) is 0 Å². The lowest BCUT2D eigenvalue weighted by atomic mass is 10.0. The molecule has 0 aromatic rings. The van der Waals surface area contributed by atoms with Crippen LogP contribution in [0.2, 0.25) is 0 Å². The largest absolute Gasteiger partial charge is 0.480 e. The summed E-state index contributed by atoms with van der Waals surface area (Å²) in [6, 6.07) is 0.308. The van der Waals surface area contributed by atoms with Gasteiger partial charge in [0.2, 0.25) is 0 Å². The maximum absolute atomic E-state index is 10.1. The third-order valence-corrected chi connectivity index (χ3v) is 0.963. The third kappa shape index (κ3) is 1.77. The number of nitrogens with zero attached hydrogens (tertiary/aromatic N) is 1. The maximum atomic E-state index is 10.1. The zero-order chi connectivity index (χ0) is 8.15. The molecule has 0 aliphatic rings. The first kappa shape index (κ1) is 8.48. The van der Waals surface area contributed by atoms with Crippen molar-refractivity contribution in [2.75, 3.05) is 0 Å². The Morgan fingerprint density at radius 2 is 2.30 bits per heavy atom. The minimum absolute atomic E-state index is 1.04. The van der Waals surface area contributed by atoms with Crippen LogP contribution < -0.4 is 5.73 Å². The van der Waals surface area contributed by atoms with Gasteiger partial charge < -0.3 is 10.8 Å². The van der Waals surface area contributed by atoms with Crippen molar-refractivity contribution in [3.05, 3.63) is 0 Å². The standard InChI is InChI=1S/C6H6N2O2/c1-2-4(3-7)5(8)6(9)10/h1,4-5H,8H2,(H,9,10)/t4?,5-/m0/s1. The molecule has 3 N–H and O–H groups in total. The molecule has 0 aliphatic heterocycles. The van der Waals surface area contributed by atoms with Crippen molar-refractivity contribution < 1.29 is 9.90 Å². The summed E-state index contributed by atoms with van der Waals surface area (Å²) >= 11 is 0. The summed E-state index contributed by atoms with van der Waals surface area (Å²) in [5.74, 6) is -0.338. The SMILES string of the molecule is C#CC(C#N)[C@H](N)C(=O)O. The molecule has 10 heavy (non-hydrogen) atoms. The predicted molar refractivity (Wildman–Crippen MR) is 33.5 cm³/mol. The Hall–Kier alpha value is -1.52. The van der Waals surface area contributed by atoms with Crippen LogP contribution in [0.1, 0.15) is 0 Å². The van der Waals surface area contributed by atoms with Crippen LogP contribution in [-0.4, -0.2) is 17.1 Å². The molecule has 0 saturated carbocycles. The first-order valence-corrected chi connectivity index (χ1v) is 2.47. The van der Waals surface area contributed by atoms with Crippen LogP contribution in [0.15, 0.2) is 0 Å². The van der Waals surface area contributed by atoms with E-state index in [2.05, 4.69) is 0 Å². The van der Waals surface area contributed by atoms with E-state index in [1.165, 1.54) is 0 Å². The van der Waals surface area contributed by atoms with Crippen LogP contribution in [0, 0.1) is 29.6 Å². The molecule has 4 heteroatoms. The van der Waals surface area contributed by atoms with Gasteiger partial charge in [0, 0.05) is 0 Å². The molecule has 0 fully saturated rings. The fourth-order valence-corrected chi connectivity index (χ4v) is 0.364. The van der Waals surface area contributed by atoms with Crippen molar-refractivity contribution in [2.24, 2.45) is 11.7 Å². The number of carboxylic acids is 1. The average molecular weight is 138 g/mol. The van der Waals surface area contributed by atoms with Gasteiger partial charge in [0.15, 0.2) is 0 Å². The molecule has 4 nitrogen and oxygen atoms in total. The van der Waals surface area contributed by atoms with E-state index < -0.39 is 17.9 Å². The lowest BCUT2D eigenvalue weighted by Gasteiger charge is -2.04. The van der Waals surface area contributed by atoms with Gasteiger partial charge in [-0.3, -0.25) is 4.79 Å². The molecular weight excluding hydrogens is 132 g/mol. The van der Waals surface area contributed by atoms with Crippen LogP contribution in [0.25, 0.3) is 0 Å². The average Bonchev–Trinajstić information content (AvgIpc) is 1.90. The molecule has 1 unspecified atom stereocenters. The lowest BCUT2D eigenvalue weighted by molar-refractivity contribution is -0.138. The van der Waals surface area contributed by atoms with Gasteiger partial charge in [0.05, 0.1) is 6.07 Å². The smallest absolute Gasteiger partial charge is 0.322 e. The highest BCUT2D eigenvalue weighted by Crippen LogP contribution is 1.96. The van der Waals surface area contributed by atoms with Crippen LogP contribution in [0.5, 0.6) is 0 Å². The van der Waals surface area contributed by atoms with E-state index in [-0.39, 0.29) is 0 Å². The first-order valence-electron chi connectivity index (χ1n) is 2.47. The Bertz CT molecular complexity index is 197. The summed E-state index contributed by atoms with van der Waals surface area (Å²) in [6.07, 6.45) is 4.81. The van der Waals surface area contributed by atoms with Crippen molar-refractivity contribution in [2.45, 2.75) is 6.04 Å². The van der Waals surface area contributed by atoms with Gasteiger partial charge >= 0.3 is 5.97 Å². The summed E-state index contributed by atoms with van der Waals surface area (Å²) in [6.45, 7) is 0. The summed E-state index contributed by atoms with van der Waals surface area (Å²) in [5, 5.41) is 16.5. The topological polar surface area (TPSA) is 87.1 Å². The van der Waals surface area contributed by atoms with Gasteiger partial charge in [0.1, 0.15) is 12.0 Å². The molecule has 2 atom stereocenters. The zero-order valence-electron chi connectivity index (χ0n) is 5.11.